The lowest BCUT2D eigenvalue weighted by molar-refractivity contribution is 0.102. The van der Waals surface area contributed by atoms with Crippen molar-refractivity contribution in [1.29, 1.82) is 5.26 Å². The molecule has 3 N–H and O–H groups in total. The third-order valence-electron chi connectivity index (χ3n) is 4.86. The quantitative estimate of drug-likeness (QED) is 0.342. The van der Waals surface area contributed by atoms with Crippen molar-refractivity contribution in [2.45, 2.75) is 0 Å². The van der Waals surface area contributed by atoms with Gasteiger partial charge in [-0.3, -0.25) is 10.1 Å². The normalized spacial score (nSPS) is 11.0. The Hall–Kier alpha value is -5.44. The van der Waals surface area contributed by atoms with Crippen LogP contribution in [0.2, 0.25) is 0 Å². The molecule has 0 fully saturated rings. The van der Waals surface area contributed by atoms with Crippen LogP contribution in [0.4, 0.5) is 17.5 Å². The number of benzene rings is 2. The lowest BCUT2D eigenvalue weighted by Gasteiger charge is -2.10. The van der Waals surface area contributed by atoms with Crippen LogP contribution in [0.15, 0.2) is 77.5 Å². The highest BCUT2D eigenvalue weighted by Gasteiger charge is 2.20. The average molecular weight is 450 g/mol. The minimum Gasteiger partial charge on any atom is -0.505 e. The van der Waals surface area contributed by atoms with Crippen molar-refractivity contribution in [1.82, 2.24) is 29.9 Å². The van der Waals surface area contributed by atoms with Gasteiger partial charge in [-0.25, -0.2) is 10.1 Å². The minimum absolute atomic E-state index is 0.0391. The summed E-state index contributed by atoms with van der Waals surface area (Å²) in [4.78, 5) is 20.9. The molecule has 0 bridgehead atoms. The fourth-order valence-electron chi connectivity index (χ4n) is 3.29. The zero-order valence-corrected chi connectivity index (χ0v) is 17.3. The lowest BCUT2D eigenvalue weighted by atomic mass is 10.0. The molecule has 12 nitrogen and oxygen atoms in total. The van der Waals surface area contributed by atoms with Crippen molar-refractivity contribution in [3.8, 4) is 17.6 Å². The first-order chi connectivity index (χ1) is 16.7. The molecule has 34 heavy (non-hydrogen) atoms. The van der Waals surface area contributed by atoms with E-state index in [0.717, 1.165) is 0 Å². The summed E-state index contributed by atoms with van der Waals surface area (Å²) in [5.41, 5.74) is 0.179. The summed E-state index contributed by atoms with van der Waals surface area (Å²) >= 11 is 0. The Morgan fingerprint density at radius 3 is 2.76 bits per heavy atom. The third kappa shape index (κ3) is 3.69. The number of fused-ring (bicyclic) bond motifs is 1. The van der Waals surface area contributed by atoms with Crippen molar-refractivity contribution in [3.05, 3.63) is 78.4 Å². The van der Waals surface area contributed by atoms with E-state index in [1.165, 1.54) is 23.3 Å². The molecule has 0 saturated heterocycles. The first-order valence-electron chi connectivity index (χ1n) is 9.88. The van der Waals surface area contributed by atoms with Gasteiger partial charge in [-0.15, -0.1) is 10.2 Å². The van der Waals surface area contributed by atoms with Crippen LogP contribution in [0.3, 0.4) is 0 Å². The van der Waals surface area contributed by atoms with Crippen molar-refractivity contribution < 1.29 is 9.90 Å². The standard InChI is InChI=1S/C22H14N10O2/c23-10-14-11-27-32(17-7-3-4-8-24-17)20(14)30-29-18-15-6-2-1-5-13(15)9-16(19(18)33)21(34)28-22-25-12-26-31-22/h1-9,11-12,33H,(H2,25,26,28,31,34). The third-order valence-corrected chi connectivity index (χ3v) is 4.86. The second-order valence-electron chi connectivity index (χ2n) is 6.92. The smallest absolute Gasteiger partial charge is 0.261 e. The molecule has 0 saturated carbocycles. The number of amides is 1. The van der Waals surface area contributed by atoms with Crippen LogP contribution in [-0.2, 0) is 0 Å². The molecule has 0 unspecified atom stereocenters. The number of aromatic amines is 1. The number of nitrogens with one attached hydrogen (secondary N) is 2. The molecule has 0 aliphatic rings. The largest absolute Gasteiger partial charge is 0.505 e. The van der Waals surface area contributed by atoms with Gasteiger partial charge in [0, 0.05) is 11.6 Å². The number of pyridine rings is 1. The van der Waals surface area contributed by atoms with Gasteiger partial charge in [-0.05, 0) is 23.6 Å². The van der Waals surface area contributed by atoms with Crippen LogP contribution in [0.25, 0.3) is 16.6 Å². The number of nitrogens with zero attached hydrogens (tertiary/aromatic N) is 8. The van der Waals surface area contributed by atoms with Crippen LogP contribution in [0, 0.1) is 11.3 Å². The van der Waals surface area contributed by atoms with Gasteiger partial charge in [0.1, 0.15) is 23.6 Å². The van der Waals surface area contributed by atoms with Crippen LogP contribution in [0.5, 0.6) is 5.75 Å². The molecule has 0 radical (unpaired) electrons. The van der Waals surface area contributed by atoms with Gasteiger partial charge in [0.2, 0.25) is 5.95 Å². The number of hydrogen-bond acceptors (Lipinski definition) is 9. The van der Waals surface area contributed by atoms with Crippen molar-refractivity contribution >= 4 is 34.1 Å². The highest BCUT2D eigenvalue weighted by molar-refractivity contribution is 6.11. The number of azo groups is 1. The Bertz CT molecular complexity index is 1570. The number of H-pyrrole nitrogens is 1. The number of carbonyl (C=O) groups excluding carboxylic acids is 1. The first kappa shape index (κ1) is 20.5. The molecule has 164 valence electrons. The molecular weight excluding hydrogens is 436 g/mol. The van der Waals surface area contributed by atoms with Crippen LogP contribution in [-0.4, -0.2) is 41.0 Å². The fourth-order valence-corrected chi connectivity index (χ4v) is 3.29. The fraction of sp³-hybridized carbons (Fsp3) is 0. The Morgan fingerprint density at radius 1 is 1.15 bits per heavy atom. The molecular formula is C22H14N10O2. The van der Waals surface area contributed by atoms with E-state index >= 15 is 0 Å². The van der Waals surface area contributed by atoms with E-state index in [0.29, 0.717) is 16.6 Å². The molecule has 12 heteroatoms. The maximum absolute atomic E-state index is 12.8. The average Bonchev–Trinajstić information content (AvgIpc) is 3.53. The Morgan fingerprint density at radius 2 is 2.00 bits per heavy atom. The second kappa shape index (κ2) is 8.60. The first-order valence-corrected chi connectivity index (χ1v) is 9.88. The van der Waals surface area contributed by atoms with Gasteiger partial charge >= 0.3 is 0 Å². The maximum Gasteiger partial charge on any atom is 0.261 e. The predicted octanol–water partition coefficient (Wildman–Crippen LogP) is 3.78. The van der Waals surface area contributed by atoms with E-state index in [4.69, 9.17) is 0 Å². The highest BCUT2D eigenvalue weighted by Crippen LogP contribution is 2.40. The molecule has 3 heterocycles. The molecule has 5 rings (SSSR count). The molecule has 0 spiro atoms. The van der Waals surface area contributed by atoms with Gasteiger partial charge in [0.25, 0.3) is 5.91 Å². The monoisotopic (exact) mass is 450 g/mol. The summed E-state index contributed by atoms with van der Waals surface area (Å²) in [7, 11) is 0. The number of phenolic OH excluding ortho intramolecular Hbond substituents is 1. The zero-order chi connectivity index (χ0) is 23.5. The second-order valence-corrected chi connectivity index (χ2v) is 6.92. The van der Waals surface area contributed by atoms with E-state index in [9.17, 15) is 15.2 Å². The number of rotatable bonds is 5. The van der Waals surface area contributed by atoms with Crippen molar-refractivity contribution in [2.24, 2.45) is 10.2 Å². The predicted molar refractivity (Wildman–Crippen MR) is 120 cm³/mol. The van der Waals surface area contributed by atoms with Gasteiger partial charge in [-0.1, -0.05) is 30.3 Å². The summed E-state index contributed by atoms with van der Waals surface area (Å²) in [6.45, 7) is 0. The maximum atomic E-state index is 12.8. The number of hydrogen-bond donors (Lipinski definition) is 3. The molecule has 0 aliphatic carbocycles. The van der Waals surface area contributed by atoms with E-state index in [-0.39, 0.29) is 34.3 Å². The SMILES string of the molecule is N#Cc1cnn(-c2ccccn2)c1N=Nc1c(O)c(C(=O)Nc2ncn[nH]2)cc2ccccc12. The van der Waals surface area contributed by atoms with E-state index < -0.39 is 5.91 Å². The topological polar surface area (TPSA) is 170 Å². The van der Waals surface area contributed by atoms with Crippen molar-refractivity contribution in [2.75, 3.05) is 5.32 Å². The highest BCUT2D eigenvalue weighted by atomic mass is 16.3. The molecule has 0 atom stereocenters. The van der Waals surface area contributed by atoms with Crippen LogP contribution < -0.4 is 5.32 Å². The Kier molecular flexibility index (Phi) is 5.17. The van der Waals surface area contributed by atoms with Crippen LogP contribution in [0.1, 0.15) is 15.9 Å². The number of aromatic nitrogens is 6. The van der Waals surface area contributed by atoms with E-state index in [1.807, 2.05) is 6.07 Å². The summed E-state index contributed by atoms with van der Waals surface area (Å²) < 4.78 is 1.36. The number of phenols is 1. The number of nitriles is 1. The summed E-state index contributed by atoms with van der Waals surface area (Å²) in [5.74, 6) is -0.318. The van der Waals surface area contributed by atoms with Gasteiger partial charge < -0.3 is 5.11 Å². The van der Waals surface area contributed by atoms with E-state index in [2.05, 4.69) is 40.8 Å². The molecule has 0 aliphatic heterocycles. The number of aromatic hydroxyl groups is 1. The zero-order valence-electron chi connectivity index (χ0n) is 17.3. The summed E-state index contributed by atoms with van der Waals surface area (Å²) in [6, 6.07) is 15.9. The van der Waals surface area contributed by atoms with Crippen molar-refractivity contribution in [3.63, 3.8) is 0 Å². The van der Waals surface area contributed by atoms with E-state index in [1.54, 1.807) is 48.7 Å². The van der Waals surface area contributed by atoms with Crippen LogP contribution >= 0.6 is 0 Å². The lowest BCUT2D eigenvalue weighted by Crippen LogP contribution is -2.13. The molecule has 3 aromatic heterocycles. The Balaban J connectivity index is 1.62. The summed E-state index contributed by atoms with van der Waals surface area (Å²) in [5, 5.41) is 43.0. The molecule has 1 amide bonds. The molecule has 5 aromatic rings. The Labute approximate surface area is 191 Å². The minimum atomic E-state index is -0.618. The van der Waals surface area contributed by atoms with Gasteiger partial charge in [0.05, 0.1) is 11.8 Å². The summed E-state index contributed by atoms with van der Waals surface area (Å²) in [6.07, 6.45) is 4.18. The number of carbonyl (C=O) groups is 1. The molecule has 2 aromatic carbocycles. The number of anilines is 1. The van der Waals surface area contributed by atoms with Gasteiger partial charge in [-0.2, -0.15) is 25.1 Å². The van der Waals surface area contributed by atoms with Gasteiger partial charge in [0.15, 0.2) is 17.4 Å².